The lowest BCUT2D eigenvalue weighted by molar-refractivity contribution is -0.301. The number of hydrogen-bond acceptors (Lipinski definition) is 11. The van der Waals surface area contributed by atoms with E-state index in [9.17, 15) is 33.1 Å². The molecule has 0 saturated carbocycles. The molecule has 12 nitrogen and oxygen atoms in total. The summed E-state index contributed by atoms with van der Waals surface area (Å²) in [5.74, 6) is -0.408. The molecule has 0 spiro atoms. The third kappa shape index (κ3) is 34.8. The van der Waals surface area contributed by atoms with Crippen LogP contribution in [-0.4, -0.2) is 97.5 Å². The maximum atomic E-state index is 12.9. The van der Waals surface area contributed by atoms with Crippen LogP contribution < -0.4 is 0 Å². The van der Waals surface area contributed by atoms with Gasteiger partial charge < -0.3 is 34.3 Å². The third-order valence-electron chi connectivity index (χ3n) is 10.9. The second-order valence-corrected chi connectivity index (χ2v) is 17.7. The monoisotopic (exact) mass is 913 g/mol. The minimum atomic E-state index is -5.07. The Morgan fingerprint density at radius 3 is 1.60 bits per heavy atom. The summed E-state index contributed by atoms with van der Waals surface area (Å²) in [7, 11) is -5.07. The smallest absolute Gasteiger partial charge is 0.397 e. The van der Waals surface area contributed by atoms with Crippen molar-refractivity contribution in [3.8, 4) is 0 Å². The zero-order valence-electron chi connectivity index (χ0n) is 39.1. The van der Waals surface area contributed by atoms with E-state index in [1.807, 2.05) is 0 Å². The second kappa shape index (κ2) is 41.2. The van der Waals surface area contributed by atoms with Crippen molar-refractivity contribution >= 4 is 16.4 Å². The van der Waals surface area contributed by atoms with Gasteiger partial charge >= 0.3 is 16.4 Å². The fourth-order valence-corrected chi connectivity index (χ4v) is 7.74. The average molecular weight is 913 g/mol. The molecule has 1 saturated heterocycles. The molecule has 1 aliphatic rings. The number of carbonyl (C=O) groups excluding carboxylic acids is 1. The van der Waals surface area contributed by atoms with E-state index >= 15 is 0 Å². The van der Waals surface area contributed by atoms with E-state index in [0.717, 1.165) is 83.5 Å². The molecule has 1 rings (SSSR count). The van der Waals surface area contributed by atoms with Gasteiger partial charge in [0.15, 0.2) is 6.29 Å². The number of allylic oxidation sites excluding steroid dienone is 10. The van der Waals surface area contributed by atoms with Gasteiger partial charge in [-0.3, -0.25) is 9.35 Å². The molecular weight excluding hydrogens is 825 g/mol. The Balaban J connectivity index is 2.41. The molecule has 6 unspecified atom stereocenters. The van der Waals surface area contributed by atoms with Gasteiger partial charge in [0.1, 0.15) is 30.5 Å². The molecule has 6 atom stereocenters. The predicted molar refractivity (Wildman–Crippen MR) is 253 cm³/mol. The maximum Gasteiger partial charge on any atom is 0.397 e. The highest BCUT2D eigenvalue weighted by atomic mass is 32.3. The Bertz CT molecular complexity index is 1330. The molecule has 1 fully saturated rings. The molecule has 13 heteroatoms. The van der Waals surface area contributed by atoms with E-state index in [1.165, 1.54) is 77.0 Å². The van der Waals surface area contributed by atoms with Crippen molar-refractivity contribution in [3.05, 3.63) is 60.8 Å². The fourth-order valence-electron chi connectivity index (χ4n) is 7.23. The van der Waals surface area contributed by atoms with Crippen LogP contribution in [0.2, 0.25) is 0 Å². The summed E-state index contributed by atoms with van der Waals surface area (Å²) < 4.78 is 59.2. The Labute approximate surface area is 382 Å². The molecule has 1 aliphatic heterocycles. The summed E-state index contributed by atoms with van der Waals surface area (Å²) >= 11 is 0. The summed E-state index contributed by atoms with van der Waals surface area (Å²) in [6.07, 6.45) is 42.5. The van der Waals surface area contributed by atoms with Gasteiger partial charge in [-0.25, -0.2) is 4.18 Å². The molecular formula is C50H88O12S. The van der Waals surface area contributed by atoms with E-state index in [2.05, 4.69) is 78.8 Å². The number of aliphatic hydroxyl groups excluding tert-OH is 3. The van der Waals surface area contributed by atoms with Gasteiger partial charge in [-0.1, -0.05) is 184 Å². The van der Waals surface area contributed by atoms with Crippen molar-refractivity contribution in [2.24, 2.45) is 0 Å². The minimum absolute atomic E-state index is 0.0184. The van der Waals surface area contributed by atoms with E-state index < -0.39 is 59.8 Å². The highest BCUT2D eigenvalue weighted by Crippen LogP contribution is 2.26. The van der Waals surface area contributed by atoms with E-state index in [4.69, 9.17) is 18.9 Å². The number of rotatable bonds is 42. The summed E-state index contributed by atoms with van der Waals surface area (Å²) in [6.45, 7) is 3.83. The van der Waals surface area contributed by atoms with Crippen LogP contribution in [0.4, 0.5) is 0 Å². The van der Waals surface area contributed by atoms with Gasteiger partial charge in [0, 0.05) is 13.0 Å². The van der Waals surface area contributed by atoms with Gasteiger partial charge in [-0.15, -0.1) is 0 Å². The predicted octanol–water partition coefficient (Wildman–Crippen LogP) is 10.9. The molecule has 0 amide bonds. The first kappa shape index (κ1) is 58.8. The van der Waals surface area contributed by atoms with Crippen LogP contribution in [0.25, 0.3) is 0 Å². The molecule has 0 aromatic heterocycles. The Kier molecular flexibility index (Phi) is 38.5. The van der Waals surface area contributed by atoms with Crippen molar-refractivity contribution in [3.63, 3.8) is 0 Å². The van der Waals surface area contributed by atoms with E-state index in [-0.39, 0.29) is 19.6 Å². The van der Waals surface area contributed by atoms with Gasteiger partial charge in [0.25, 0.3) is 0 Å². The van der Waals surface area contributed by atoms with Crippen LogP contribution >= 0.6 is 0 Å². The summed E-state index contributed by atoms with van der Waals surface area (Å²) in [4.78, 5) is 12.9. The Hall–Kier alpha value is -2.20. The van der Waals surface area contributed by atoms with Gasteiger partial charge in [0.2, 0.25) is 0 Å². The largest absolute Gasteiger partial charge is 0.457 e. The first-order chi connectivity index (χ1) is 30.6. The molecule has 4 N–H and O–H groups in total. The Morgan fingerprint density at radius 2 is 1.10 bits per heavy atom. The molecule has 0 aromatic rings. The molecule has 1 heterocycles. The zero-order chi connectivity index (χ0) is 46.1. The average Bonchev–Trinajstić information content (AvgIpc) is 3.26. The van der Waals surface area contributed by atoms with Gasteiger partial charge in [-0.05, 0) is 57.8 Å². The SMILES string of the molecule is CC/C=C\C/C=C\C/C=C\C/C=C\C/C=C\CCCCCCOCC(COC1OC(CO)C(O)C(OS(=O)(=O)O)C1O)OC(=O)CCCCCCCCCCCCCCCCCC. The lowest BCUT2D eigenvalue weighted by Crippen LogP contribution is -2.60. The lowest BCUT2D eigenvalue weighted by atomic mass is 9.99. The highest BCUT2D eigenvalue weighted by molar-refractivity contribution is 7.80. The minimum Gasteiger partial charge on any atom is -0.457 e. The number of unbranched alkanes of at least 4 members (excludes halogenated alkanes) is 19. The molecule has 366 valence electrons. The van der Waals surface area contributed by atoms with Crippen LogP contribution in [-0.2, 0) is 38.3 Å². The first-order valence-electron chi connectivity index (χ1n) is 24.5. The second-order valence-electron chi connectivity index (χ2n) is 16.7. The number of esters is 1. The van der Waals surface area contributed by atoms with Crippen molar-refractivity contribution in [1.29, 1.82) is 0 Å². The maximum absolute atomic E-state index is 12.9. The fraction of sp³-hybridized carbons (Fsp3) is 0.780. The van der Waals surface area contributed by atoms with Crippen molar-refractivity contribution in [2.45, 2.75) is 224 Å². The lowest BCUT2D eigenvalue weighted by Gasteiger charge is -2.41. The van der Waals surface area contributed by atoms with Crippen molar-refractivity contribution < 1.29 is 56.2 Å². The summed E-state index contributed by atoms with van der Waals surface area (Å²) in [5.41, 5.74) is 0. The van der Waals surface area contributed by atoms with Crippen LogP contribution in [0.15, 0.2) is 60.8 Å². The quantitative estimate of drug-likeness (QED) is 0.0197. The number of hydrogen-bond donors (Lipinski definition) is 4. The standard InChI is InChI=1S/C50H88O12S/c1-3-5-7-9-11-13-15-17-19-21-22-23-24-26-28-30-32-34-36-38-40-58-42-44(43-59-50-48(54)49(62-63(55,56)57)47(53)45(41-51)61-50)60-46(52)39-37-35-33-31-29-27-25-20-18-16-14-12-10-8-6-4-2/h5,7,11,13,17,19,22-23,26,28,44-45,47-51,53-54H,3-4,6,8-10,12,14-16,18,20-21,24-25,27,29-43H2,1-2H3,(H,55,56,57)/b7-5-,13-11-,19-17-,23-22-,28-26-. The molecule has 0 aromatic carbocycles. The summed E-state index contributed by atoms with van der Waals surface area (Å²) in [5, 5.41) is 30.7. The molecule has 0 aliphatic carbocycles. The number of ether oxygens (including phenoxy) is 4. The molecule has 63 heavy (non-hydrogen) atoms. The van der Waals surface area contributed by atoms with Gasteiger partial charge in [0.05, 0.1) is 19.8 Å². The number of aliphatic hydroxyl groups is 3. The topological polar surface area (TPSA) is 178 Å². The zero-order valence-corrected chi connectivity index (χ0v) is 39.9. The molecule has 0 bridgehead atoms. The third-order valence-corrected chi connectivity index (χ3v) is 11.4. The van der Waals surface area contributed by atoms with Crippen molar-refractivity contribution in [2.75, 3.05) is 26.4 Å². The molecule has 0 radical (unpaired) electrons. The van der Waals surface area contributed by atoms with Crippen LogP contribution in [0.5, 0.6) is 0 Å². The van der Waals surface area contributed by atoms with E-state index in [0.29, 0.717) is 13.0 Å². The normalized spacial score (nSPS) is 20.4. The van der Waals surface area contributed by atoms with Gasteiger partial charge in [-0.2, -0.15) is 8.42 Å². The van der Waals surface area contributed by atoms with E-state index in [1.54, 1.807) is 0 Å². The highest BCUT2D eigenvalue weighted by Gasteiger charge is 2.48. The van der Waals surface area contributed by atoms with Crippen LogP contribution in [0.3, 0.4) is 0 Å². The van der Waals surface area contributed by atoms with Crippen molar-refractivity contribution in [1.82, 2.24) is 0 Å². The Morgan fingerprint density at radius 1 is 0.619 bits per heavy atom. The number of carbonyl (C=O) groups is 1. The van der Waals surface area contributed by atoms with Crippen LogP contribution in [0.1, 0.15) is 187 Å². The first-order valence-corrected chi connectivity index (χ1v) is 25.9. The van der Waals surface area contributed by atoms with Crippen LogP contribution in [0, 0.1) is 0 Å². The summed E-state index contributed by atoms with van der Waals surface area (Å²) in [6, 6.07) is 0.